The first-order valence-corrected chi connectivity index (χ1v) is 6.93. The minimum atomic E-state index is 0.0711. The van der Waals surface area contributed by atoms with Crippen LogP contribution in [0.15, 0.2) is 18.2 Å². The Morgan fingerprint density at radius 1 is 1.40 bits per heavy atom. The Labute approximate surface area is 121 Å². The molecule has 4 nitrogen and oxygen atoms in total. The van der Waals surface area contributed by atoms with E-state index in [1.54, 1.807) is 7.11 Å². The third kappa shape index (κ3) is 4.76. The SMILES string of the molecule is COc1ccc(CNC(=O)CC(C)C(C)(C)C)cc1N. The van der Waals surface area contributed by atoms with Crippen molar-refractivity contribution in [2.45, 2.75) is 40.7 Å². The molecule has 0 saturated carbocycles. The number of nitrogens with one attached hydrogen (secondary N) is 1. The normalized spacial score (nSPS) is 12.8. The number of carbonyl (C=O) groups is 1. The van der Waals surface area contributed by atoms with Gasteiger partial charge >= 0.3 is 0 Å². The predicted octanol–water partition coefficient (Wildman–Crippen LogP) is 2.97. The fourth-order valence-electron chi connectivity index (χ4n) is 1.75. The van der Waals surface area contributed by atoms with E-state index in [0.29, 0.717) is 30.3 Å². The van der Waals surface area contributed by atoms with Gasteiger partial charge in [0.25, 0.3) is 0 Å². The first-order chi connectivity index (χ1) is 9.24. The molecule has 1 unspecified atom stereocenters. The second kappa shape index (κ2) is 6.64. The van der Waals surface area contributed by atoms with Crippen LogP contribution in [0.1, 0.15) is 39.7 Å². The summed E-state index contributed by atoms with van der Waals surface area (Å²) in [5.41, 5.74) is 7.54. The Kier molecular flexibility index (Phi) is 5.43. The lowest BCUT2D eigenvalue weighted by Crippen LogP contribution is -2.28. The van der Waals surface area contributed by atoms with Crippen molar-refractivity contribution in [3.05, 3.63) is 23.8 Å². The van der Waals surface area contributed by atoms with Crippen LogP contribution in [0, 0.1) is 11.3 Å². The average molecular weight is 278 g/mol. The summed E-state index contributed by atoms with van der Waals surface area (Å²) in [6, 6.07) is 5.55. The van der Waals surface area contributed by atoms with Gasteiger partial charge in [0, 0.05) is 13.0 Å². The lowest BCUT2D eigenvalue weighted by atomic mass is 9.80. The molecular weight excluding hydrogens is 252 g/mol. The Morgan fingerprint density at radius 3 is 2.55 bits per heavy atom. The maximum Gasteiger partial charge on any atom is 0.220 e. The van der Waals surface area contributed by atoms with Gasteiger partial charge in [-0.15, -0.1) is 0 Å². The molecule has 0 heterocycles. The zero-order valence-electron chi connectivity index (χ0n) is 13.1. The van der Waals surface area contributed by atoms with Crippen molar-refractivity contribution in [3.63, 3.8) is 0 Å². The van der Waals surface area contributed by atoms with Crippen LogP contribution in [0.3, 0.4) is 0 Å². The Bertz CT molecular complexity index is 464. The summed E-state index contributed by atoms with van der Waals surface area (Å²) in [6.07, 6.45) is 0.537. The Balaban J connectivity index is 2.51. The molecule has 0 saturated heterocycles. The molecule has 0 aliphatic carbocycles. The number of anilines is 1. The van der Waals surface area contributed by atoms with Crippen molar-refractivity contribution in [1.82, 2.24) is 5.32 Å². The first-order valence-electron chi connectivity index (χ1n) is 6.93. The second-order valence-electron chi connectivity index (χ2n) is 6.32. The molecule has 1 aromatic carbocycles. The summed E-state index contributed by atoms with van der Waals surface area (Å²) >= 11 is 0. The van der Waals surface area contributed by atoms with Gasteiger partial charge in [-0.1, -0.05) is 33.8 Å². The number of carbonyl (C=O) groups excluding carboxylic acids is 1. The van der Waals surface area contributed by atoms with Gasteiger partial charge in [0.05, 0.1) is 12.8 Å². The summed E-state index contributed by atoms with van der Waals surface area (Å²) in [5.74, 6) is 1.06. The summed E-state index contributed by atoms with van der Waals surface area (Å²) in [5, 5.41) is 2.93. The van der Waals surface area contributed by atoms with E-state index in [4.69, 9.17) is 10.5 Å². The molecule has 0 aliphatic heterocycles. The van der Waals surface area contributed by atoms with E-state index in [1.807, 2.05) is 18.2 Å². The number of hydrogen-bond donors (Lipinski definition) is 2. The number of rotatable bonds is 5. The van der Waals surface area contributed by atoms with E-state index in [-0.39, 0.29) is 11.3 Å². The van der Waals surface area contributed by atoms with Gasteiger partial charge in [-0.3, -0.25) is 4.79 Å². The maximum absolute atomic E-state index is 11.9. The monoisotopic (exact) mass is 278 g/mol. The maximum atomic E-state index is 11.9. The quantitative estimate of drug-likeness (QED) is 0.814. The van der Waals surface area contributed by atoms with Crippen molar-refractivity contribution in [3.8, 4) is 5.75 Å². The predicted molar refractivity (Wildman–Crippen MR) is 82.5 cm³/mol. The lowest BCUT2D eigenvalue weighted by Gasteiger charge is -2.26. The van der Waals surface area contributed by atoms with E-state index in [9.17, 15) is 4.79 Å². The van der Waals surface area contributed by atoms with Crippen LogP contribution in [0.4, 0.5) is 5.69 Å². The summed E-state index contributed by atoms with van der Waals surface area (Å²) in [4.78, 5) is 11.9. The van der Waals surface area contributed by atoms with Gasteiger partial charge in [0.15, 0.2) is 0 Å². The molecule has 20 heavy (non-hydrogen) atoms. The fourth-order valence-corrected chi connectivity index (χ4v) is 1.75. The highest BCUT2D eigenvalue weighted by atomic mass is 16.5. The molecule has 1 rings (SSSR count). The van der Waals surface area contributed by atoms with Crippen LogP contribution in [0.5, 0.6) is 5.75 Å². The number of methoxy groups -OCH3 is 1. The highest BCUT2D eigenvalue weighted by Crippen LogP contribution is 2.28. The van der Waals surface area contributed by atoms with E-state index in [2.05, 4.69) is 33.0 Å². The van der Waals surface area contributed by atoms with Crippen molar-refractivity contribution in [2.24, 2.45) is 11.3 Å². The Morgan fingerprint density at radius 2 is 2.05 bits per heavy atom. The van der Waals surface area contributed by atoms with Crippen LogP contribution in [0.2, 0.25) is 0 Å². The zero-order chi connectivity index (χ0) is 15.3. The van der Waals surface area contributed by atoms with Crippen LogP contribution >= 0.6 is 0 Å². The zero-order valence-corrected chi connectivity index (χ0v) is 13.1. The fraction of sp³-hybridized carbons (Fsp3) is 0.562. The number of amides is 1. The minimum absolute atomic E-state index is 0.0711. The topological polar surface area (TPSA) is 64.3 Å². The summed E-state index contributed by atoms with van der Waals surface area (Å²) in [7, 11) is 1.58. The van der Waals surface area contributed by atoms with Gasteiger partial charge in [-0.25, -0.2) is 0 Å². The van der Waals surface area contributed by atoms with E-state index in [0.717, 1.165) is 5.56 Å². The molecule has 3 N–H and O–H groups in total. The van der Waals surface area contributed by atoms with Crippen LogP contribution < -0.4 is 15.8 Å². The van der Waals surface area contributed by atoms with E-state index >= 15 is 0 Å². The molecule has 1 amide bonds. The highest BCUT2D eigenvalue weighted by Gasteiger charge is 2.22. The molecule has 0 aliphatic rings. The molecule has 1 atom stereocenters. The molecule has 112 valence electrons. The molecular formula is C16H26N2O2. The third-order valence-electron chi connectivity index (χ3n) is 3.75. The standard InChI is InChI=1S/C16H26N2O2/c1-11(16(2,3)4)8-15(19)18-10-12-6-7-14(20-5)13(17)9-12/h6-7,9,11H,8,10,17H2,1-5H3,(H,18,19). The smallest absolute Gasteiger partial charge is 0.220 e. The molecule has 4 heteroatoms. The van der Waals surface area contributed by atoms with Gasteiger partial charge in [0.2, 0.25) is 5.91 Å². The number of ether oxygens (including phenoxy) is 1. The molecule has 0 bridgehead atoms. The lowest BCUT2D eigenvalue weighted by molar-refractivity contribution is -0.122. The summed E-state index contributed by atoms with van der Waals surface area (Å²) < 4.78 is 5.10. The molecule has 0 spiro atoms. The Hall–Kier alpha value is -1.71. The van der Waals surface area contributed by atoms with Crippen molar-refractivity contribution in [1.29, 1.82) is 0 Å². The van der Waals surface area contributed by atoms with Gasteiger partial charge in [-0.05, 0) is 29.0 Å². The third-order valence-corrected chi connectivity index (χ3v) is 3.75. The van der Waals surface area contributed by atoms with Crippen LogP contribution in [-0.4, -0.2) is 13.0 Å². The number of nitrogens with two attached hydrogens (primary N) is 1. The highest BCUT2D eigenvalue weighted by molar-refractivity contribution is 5.76. The van der Waals surface area contributed by atoms with Crippen LogP contribution in [-0.2, 0) is 11.3 Å². The van der Waals surface area contributed by atoms with Crippen molar-refractivity contribution >= 4 is 11.6 Å². The van der Waals surface area contributed by atoms with Gasteiger partial charge in [0.1, 0.15) is 5.75 Å². The first kappa shape index (κ1) is 16.3. The van der Waals surface area contributed by atoms with Crippen LogP contribution in [0.25, 0.3) is 0 Å². The van der Waals surface area contributed by atoms with E-state index < -0.39 is 0 Å². The number of hydrogen-bond acceptors (Lipinski definition) is 3. The second-order valence-corrected chi connectivity index (χ2v) is 6.32. The van der Waals surface area contributed by atoms with E-state index in [1.165, 1.54) is 0 Å². The van der Waals surface area contributed by atoms with Crippen molar-refractivity contribution in [2.75, 3.05) is 12.8 Å². The largest absolute Gasteiger partial charge is 0.495 e. The number of nitrogen functional groups attached to an aromatic ring is 1. The molecule has 0 fully saturated rings. The van der Waals surface area contributed by atoms with Crippen molar-refractivity contribution < 1.29 is 9.53 Å². The molecule has 0 aromatic heterocycles. The summed E-state index contributed by atoms with van der Waals surface area (Å²) in [6.45, 7) is 9.04. The van der Waals surface area contributed by atoms with Gasteiger partial charge in [-0.2, -0.15) is 0 Å². The molecule has 0 radical (unpaired) electrons. The van der Waals surface area contributed by atoms with Gasteiger partial charge < -0.3 is 15.8 Å². The molecule has 1 aromatic rings. The average Bonchev–Trinajstić information content (AvgIpc) is 2.35. The number of benzene rings is 1. The minimum Gasteiger partial charge on any atom is -0.495 e.